The Morgan fingerprint density at radius 1 is 1.23 bits per heavy atom. The molecule has 31 heavy (non-hydrogen) atoms. The van der Waals surface area contributed by atoms with Gasteiger partial charge in [-0.15, -0.1) is 0 Å². The summed E-state index contributed by atoms with van der Waals surface area (Å²) in [5.41, 5.74) is 5.50. The Kier molecular flexibility index (Phi) is 6.94. The molecule has 2 aromatic carbocycles. The van der Waals surface area contributed by atoms with Crippen LogP contribution in [0.3, 0.4) is 0 Å². The second kappa shape index (κ2) is 9.63. The number of esters is 1. The van der Waals surface area contributed by atoms with Gasteiger partial charge in [0, 0.05) is 23.2 Å². The molecule has 3 aromatic rings. The van der Waals surface area contributed by atoms with Crippen molar-refractivity contribution >= 4 is 11.7 Å². The normalized spacial score (nSPS) is 10.8. The van der Waals surface area contributed by atoms with Crippen molar-refractivity contribution < 1.29 is 19.5 Å². The Morgan fingerprint density at radius 2 is 2.00 bits per heavy atom. The number of carbonyl (C=O) groups is 1. The van der Waals surface area contributed by atoms with Crippen molar-refractivity contribution in [2.24, 2.45) is 0 Å². The molecule has 0 amide bonds. The monoisotopic (exact) mass is 424 g/mol. The third-order valence-electron chi connectivity index (χ3n) is 5.14. The molecule has 0 aliphatic carbocycles. The number of hydrogen-bond donors (Lipinski definition) is 1. The van der Waals surface area contributed by atoms with Crippen LogP contribution in [-0.4, -0.2) is 34.7 Å². The van der Waals surface area contributed by atoms with E-state index in [9.17, 15) is 15.2 Å². The highest BCUT2D eigenvalue weighted by molar-refractivity contribution is 5.74. The molecule has 8 nitrogen and oxygen atoms in total. The lowest BCUT2D eigenvalue weighted by atomic mass is 9.97. The number of anilines is 1. The number of benzene rings is 2. The summed E-state index contributed by atoms with van der Waals surface area (Å²) >= 11 is 0. The second-order valence-corrected chi connectivity index (χ2v) is 7.15. The summed E-state index contributed by atoms with van der Waals surface area (Å²) in [7, 11) is 1.59. The van der Waals surface area contributed by atoms with E-state index in [1.807, 2.05) is 38.1 Å². The quantitative estimate of drug-likeness (QED) is 0.430. The van der Waals surface area contributed by atoms with Gasteiger partial charge in [0.1, 0.15) is 12.3 Å². The molecule has 0 unspecified atom stereocenters. The lowest BCUT2D eigenvalue weighted by molar-refractivity contribution is -0.144. The van der Waals surface area contributed by atoms with Crippen molar-refractivity contribution in [3.8, 4) is 16.9 Å². The molecule has 1 aromatic heterocycles. The molecule has 0 atom stereocenters. The van der Waals surface area contributed by atoms with E-state index in [4.69, 9.17) is 9.47 Å². The van der Waals surface area contributed by atoms with Crippen molar-refractivity contribution in [2.75, 3.05) is 18.9 Å². The van der Waals surface area contributed by atoms with Gasteiger partial charge in [0.05, 0.1) is 25.1 Å². The highest BCUT2D eigenvalue weighted by Gasteiger charge is 2.16. The minimum Gasteiger partial charge on any atom is -0.733 e. The van der Waals surface area contributed by atoms with Gasteiger partial charge >= 0.3 is 5.97 Å². The number of aryl methyl sites for hydroxylation is 1. The molecule has 0 aliphatic rings. The van der Waals surface area contributed by atoms with E-state index in [0.717, 1.165) is 33.6 Å². The largest absolute Gasteiger partial charge is 0.733 e. The zero-order valence-electron chi connectivity index (χ0n) is 18.1. The maximum atomic E-state index is 11.9. The van der Waals surface area contributed by atoms with Crippen LogP contribution in [0.25, 0.3) is 11.1 Å². The smallest absolute Gasteiger partial charge is 0.327 e. The van der Waals surface area contributed by atoms with Crippen molar-refractivity contribution in [3.63, 3.8) is 0 Å². The van der Waals surface area contributed by atoms with Crippen LogP contribution in [0.5, 0.6) is 5.75 Å². The molecule has 0 fully saturated rings. The van der Waals surface area contributed by atoms with Gasteiger partial charge in [-0.1, -0.05) is 18.2 Å². The van der Waals surface area contributed by atoms with Gasteiger partial charge in [-0.05, 0) is 56.2 Å². The number of rotatable bonds is 8. The number of nitrogens with zero attached hydrogens (tertiary/aromatic N) is 3. The zero-order chi connectivity index (χ0) is 22.5. The molecule has 1 N–H and O–H groups in total. The minimum absolute atomic E-state index is 0.0774. The Morgan fingerprint density at radius 3 is 2.68 bits per heavy atom. The average molecular weight is 424 g/mol. The van der Waals surface area contributed by atoms with Gasteiger partial charge in [-0.3, -0.25) is 14.7 Å². The lowest BCUT2D eigenvalue weighted by Crippen LogP contribution is -2.15. The Balaban J connectivity index is 1.93. The molecule has 0 saturated heterocycles. The number of aromatic nitrogens is 2. The van der Waals surface area contributed by atoms with Gasteiger partial charge in [0.25, 0.3) is 0 Å². The summed E-state index contributed by atoms with van der Waals surface area (Å²) in [5.74, 6) is 0.338. The summed E-state index contributed by atoms with van der Waals surface area (Å²) < 4.78 is 12.2. The number of methoxy groups -OCH3 is 1. The predicted octanol–water partition coefficient (Wildman–Crippen LogP) is 4.02. The highest BCUT2D eigenvalue weighted by atomic mass is 16.8. The predicted molar refractivity (Wildman–Crippen MR) is 117 cm³/mol. The zero-order valence-corrected chi connectivity index (χ0v) is 18.1. The van der Waals surface area contributed by atoms with Crippen LogP contribution in [0.4, 0.5) is 5.69 Å². The summed E-state index contributed by atoms with van der Waals surface area (Å²) in [4.78, 5) is 11.9. The highest BCUT2D eigenvalue weighted by Crippen LogP contribution is 2.33. The number of hydrogen-bond acceptors (Lipinski definition) is 7. The summed E-state index contributed by atoms with van der Waals surface area (Å²) in [6.45, 7) is 6.04. The standard InChI is InChI=1S/C23H26N3O5/c1-5-31-23(27)14-25-16(3)20(15(2)24-25)11-17-9-10-22(30-4)21(12-17)18-7-6-8-19(13-18)26(28)29/h6-10,12-13,28H,5,11,14H2,1-4H3/q-1. The molecule has 0 aliphatic heterocycles. The van der Waals surface area contributed by atoms with Crippen LogP contribution < -0.4 is 9.96 Å². The van der Waals surface area contributed by atoms with E-state index in [1.54, 1.807) is 30.8 Å². The van der Waals surface area contributed by atoms with Crippen LogP contribution in [0.15, 0.2) is 42.5 Å². The Labute approximate surface area is 181 Å². The average Bonchev–Trinajstić information content (AvgIpc) is 3.01. The molecule has 0 saturated carbocycles. The van der Waals surface area contributed by atoms with Crippen molar-refractivity contribution in [1.82, 2.24) is 9.78 Å². The molecule has 0 spiro atoms. The van der Waals surface area contributed by atoms with Crippen LogP contribution in [0.2, 0.25) is 0 Å². The van der Waals surface area contributed by atoms with Crippen LogP contribution >= 0.6 is 0 Å². The first kappa shape index (κ1) is 22.3. The molecule has 8 heteroatoms. The van der Waals surface area contributed by atoms with E-state index < -0.39 is 0 Å². The Bertz CT molecular complexity index is 1080. The topological polar surface area (TPSA) is 99.9 Å². The third kappa shape index (κ3) is 5.04. The number of ether oxygens (including phenoxy) is 2. The first-order chi connectivity index (χ1) is 14.8. The van der Waals surface area contributed by atoms with Crippen molar-refractivity contribution in [2.45, 2.75) is 33.7 Å². The Hall–Kier alpha value is -3.36. The fraction of sp³-hybridized carbons (Fsp3) is 0.304. The molecule has 1 heterocycles. The van der Waals surface area contributed by atoms with Gasteiger partial charge in [-0.2, -0.15) is 5.10 Å². The molecule has 0 radical (unpaired) electrons. The van der Waals surface area contributed by atoms with Crippen LogP contribution in [0.1, 0.15) is 29.4 Å². The van der Waals surface area contributed by atoms with Gasteiger partial charge in [-0.25, -0.2) is 0 Å². The first-order valence-electron chi connectivity index (χ1n) is 9.96. The maximum absolute atomic E-state index is 11.9. The lowest BCUT2D eigenvalue weighted by Gasteiger charge is -2.22. The SMILES string of the molecule is CCOC(=O)Cn1nc(C)c(Cc2ccc(OC)c(-c3cccc(N([O-])O)c3)c2)c1C. The molecular weight excluding hydrogens is 398 g/mol. The molecular formula is C23H26N3O5-. The van der Waals surface area contributed by atoms with E-state index >= 15 is 0 Å². The van der Waals surface area contributed by atoms with Gasteiger partial charge < -0.3 is 19.9 Å². The molecule has 3 rings (SSSR count). The van der Waals surface area contributed by atoms with E-state index in [1.165, 1.54) is 6.07 Å². The summed E-state index contributed by atoms with van der Waals surface area (Å²) in [6.07, 6.45) is 0.616. The fourth-order valence-electron chi connectivity index (χ4n) is 3.56. The summed E-state index contributed by atoms with van der Waals surface area (Å²) in [5, 5.41) is 24.9. The molecule has 164 valence electrons. The third-order valence-corrected chi connectivity index (χ3v) is 5.14. The van der Waals surface area contributed by atoms with Gasteiger partial charge in [0.15, 0.2) is 0 Å². The van der Waals surface area contributed by atoms with Crippen molar-refractivity contribution in [1.29, 1.82) is 0 Å². The molecule has 0 bridgehead atoms. The van der Waals surface area contributed by atoms with E-state index in [2.05, 4.69) is 5.10 Å². The van der Waals surface area contributed by atoms with Gasteiger partial charge in [0.2, 0.25) is 0 Å². The van der Waals surface area contributed by atoms with E-state index in [-0.39, 0.29) is 23.4 Å². The fourth-order valence-corrected chi connectivity index (χ4v) is 3.56. The second-order valence-electron chi connectivity index (χ2n) is 7.15. The summed E-state index contributed by atoms with van der Waals surface area (Å²) in [6, 6.07) is 12.5. The van der Waals surface area contributed by atoms with Crippen molar-refractivity contribution in [3.05, 3.63) is 70.2 Å². The first-order valence-corrected chi connectivity index (χ1v) is 9.96. The van der Waals surface area contributed by atoms with Crippen LogP contribution in [0, 0.1) is 19.1 Å². The number of carbonyl (C=O) groups excluding carboxylic acids is 1. The van der Waals surface area contributed by atoms with E-state index in [0.29, 0.717) is 18.8 Å². The minimum atomic E-state index is -0.317. The van der Waals surface area contributed by atoms with Crippen LogP contribution in [-0.2, 0) is 22.5 Å². The maximum Gasteiger partial charge on any atom is 0.327 e.